The van der Waals surface area contributed by atoms with Crippen molar-refractivity contribution in [1.29, 1.82) is 0 Å². The normalized spacial score (nSPS) is 10.1. The summed E-state index contributed by atoms with van der Waals surface area (Å²) in [5, 5.41) is 8.89. The molecule has 0 saturated carbocycles. The summed E-state index contributed by atoms with van der Waals surface area (Å²) in [5.74, 6) is -1.42. The molecule has 0 unspecified atom stereocenters. The predicted molar refractivity (Wildman–Crippen MR) is 63.1 cm³/mol. The first-order chi connectivity index (χ1) is 8.61. The number of hydrogen-bond donors (Lipinski definition) is 1. The molecule has 1 aromatic carbocycles. The van der Waals surface area contributed by atoms with Gasteiger partial charge in [-0.1, -0.05) is 0 Å². The highest BCUT2D eigenvalue weighted by Gasteiger charge is 2.09. The average Bonchev–Trinajstić information content (AvgIpc) is 2.39. The summed E-state index contributed by atoms with van der Waals surface area (Å²) in [6.45, 7) is 0. The van der Waals surface area contributed by atoms with Crippen LogP contribution >= 0.6 is 0 Å². The van der Waals surface area contributed by atoms with Crippen molar-refractivity contribution in [2.75, 3.05) is 7.11 Å². The molecule has 0 aliphatic rings. The number of rotatable bonds is 3. The fourth-order valence-electron chi connectivity index (χ4n) is 1.54. The number of halogens is 1. The Kier molecular flexibility index (Phi) is 3.23. The van der Waals surface area contributed by atoms with Gasteiger partial charge in [0.25, 0.3) is 0 Å². The summed E-state index contributed by atoms with van der Waals surface area (Å²) in [6.07, 6.45) is 1.40. The van der Waals surface area contributed by atoms with Crippen molar-refractivity contribution in [1.82, 2.24) is 4.98 Å². The molecule has 4 nitrogen and oxygen atoms in total. The fourth-order valence-corrected chi connectivity index (χ4v) is 1.54. The molecule has 0 aliphatic carbocycles. The minimum absolute atomic E-state index is 0.0926. The number of methoxy groups -OCH3 is 1. The Hall–Kier alpha value is -2.43. The van der Waals surface area contributed by atoms with Crippen LogP contribution in [0.2, 0.25) is 0 Å². The average molecular weight is 247 g/mol. The van der Waals surface area contributed by atoms with E-state index in [-0.39, 0.29) is 11.3 Å². The number of aromatic carboxylic acids is 1. The summed E-state index contributed by atoms with van der Waals surface area (Å²) >= 11 is 0. The van der Waals surface area contributed by atoms with E-state index in [4.69, 9.17) is 9.84 Å². The van der Waals surface area contributed by atoms with Gasteiger partial charge < -0.3 is 9.84 Å². The third-order valence-electron chi connectivity index (χ3n) is 2.45. The van der Waals surface area contributed by atoms with Crippen molar-refractivity contribution < 1.29 is 19.0 Å². The molecular weight excluding hydrogens is 237 g/mol. The van der Waals surface area contributed by atoms with Crippen molar-refractivity contribution in [2.45, 2.75) is 0 Å². The lowest BCUT2D eigenvalue weighted by molar-refractivity contribution is 0.0697. The zero-order valence-electron chi connectivity index (χ0n) is 9.55. The van der Waals surface area contributed by atoms with Gasteiger partial charge in [0.05, 0.1) is 18.4 Å². The Morgan fingerprint density at radius 3 is 2.78 bits per heavy atom. The minimum Gasteiger partial charge on any atom is -0.494 e. The summed E-state index contributed by atoms with van der Waals surface area (Å²) < 4.78 is 18.1. The lowest BCUT2D eigenvalue weighted by atomic mass is 10.1. The summed E-state index contributed by atoms with van der Waals surface area (Å²) in [5.41, 5.74) is 1.17. The zero-order valence-corrected chi connectivity index (χ0v) is 9.55. The first kappa shape index (κ1) is 12.0. The van der Waals surface area contributed by atoms with Crippen LogP contribution in [0.25, 0.3) is 11.3 Å². The van der Waals surface area contributed by atoms with Crippen molar-refractivity contribution in [3.05, 3.63) is 47.9 Å². The van der Waals surface area contributed by atoms with Gasteiger partial charge in [-0.05, 0) is 30.3 Å². The van der Waals surface area contributed by atoms with E-state index in [0.29, 0.717) is 11.3 Å². The van der Waals surface area contributed by atoms with Gasteiger partial charge in [-0.25, -0.2) is 9.18 Å². The number of carboxylic acid groups (broad SMARTS) is 1. The van der Waals surface area contributed by atoms with E-state index < -0.39 is 11.8 Å². The first-order valence-corrected chi connectivity index (χ1v) is 5.15. The van der Waals surface area contributed by atoms with Crippen LogP contribution in [0.3, 0.4) is 0 Å². The molecule has 1 heterocycles. The van der Waals surface area contributed by atoms with E-state index in [2.05, 4.69) is 4.98 Å². The zero-order chi connectivity index (χ0) is 13.1. The molecule has 0 spiro atoms. The van der Waals surface area contributed by atoms with E-state index >= 15 is 0 Å². The Balaban J connectivity index is 2.48. The van der Waals surface area contributed by atoms with Gasteiger partial charge in [0, 0.05) is 11.8 Å². The second-order valence-electron chi connectivity index (χ2n) is 3.58. The summed E-state index contributed by atoms with van der Waals surface area (Å²) in [4.78, 5) is 14.9. The second-order valence-corrected chi connectivity index (χ2v) is 3.58. The topological polar surface area (TPSA) is 59.4 Å². The molecule has 0 fully saturated rings. The van der Waals surface area contributed by atoms with Crippen LogP contribution in [-0.2, 0) is 0 Å². The minimum atomic E-state index is -1.03. The monoisotopic (exact) mass is 247 g/mol. The Morgan fingerprint density at radius 1 is 1.33 bits per heavy atom. The van der Waals surface area contributed by atoms with Crippen molar-refractivity contribution in [2.24, 2.45) is 0 Å². The molecule has 2 rings (SSSR count). The highest BCUT2D eigenvalue weighted by molar-refractivity contribution is 5.88. The van der Waals surface area contributed by atoms with Crippen LogP contribution in [0.5, 0.6) is 5.75 Å². The Bertz CT molecular complexity index is 599. The quantitative estimate of drug-likeness (QED) is 0.905. The molecular formula is C13H10FNO3. The molecule has 5 heteroatoms. The summed E-state index contributed by atoms with van der Waals surface area (Å²) in [6, 6.07) is 7.07. The lowest BCUT2D eigenvalue weighted by Crippen LogP contribution is -1.97. The fraction of sp³-hybridized carbons (Fsp3) is 0.0769. The Morgan fingerprint density at radius 2 is 2.11 bits per heavy atom. The number of ether oxygens (including phenoxy) is 1. The van der Waals surface area contributed by atoms with Gasteiger partial charge in [-0.15, -0.1) is 0 Å². The molecule has 1 N–H and O–H groups in total. The number of nitrogens with zero attached hydrogens (tertiary/aromatic N) is 1. The van der Waals surface area contributed by atoms with Gasteiger partial charge in [0.1, 0.15) is 0 Å². The van der Waals surface area contributed by atoms with Crippen molar-refractivity contribution in [3.8, 4) is 17.0 Å². The molecule has 0 saturated heterocycles. The molecule has 0 atom stereocenters. The number of hydrogen-bond acceptors (Lipinski definition) is 3. The van der Waals surface area contributed by atoms with Crippen LogP contribution in [0.15, 0.2) is 36.5 Å². The maximum Gasteiger partial charge on any atom is 0.335 e. The van der Waals surface area contributed by atoms with Gasteiger partial charge in [0.15, 0.2) is 11.6 Å². The van der Waals surface area contributed by atoms with E-state index in [0.717, 1.165) is 0 Å². The molecule has 18 heavy (non-hydrogen) atoms. The van der Waals surface area contributed by atoms with Crippen molar-refractivity contribution in [3.63, 3.8) is 0 Å². The van der Waals surface area contributed by atoms with Crippen LogP contribution in [-0.4, -0.2) is 23.2 Å². The lowest BCUT2D eigenvalue weighted by Gasteiger charge is -2.06. The number of carbonyl (C=O) groups is 1. The van der Waals surface area contributed by atoms with Crippen LogP contribution in [0, 0.1) is 5.82 Å². The molecule has 0 amide bonds. The third-order valence-corrected chi connectivity index (χ3v) is 2.45. The SMILES string of the molecule is COc1cc(-c2cc(C(=O)O)ccn2)ccc1F. The maximum absolute atomic E-state index is 13.3. The number of carboxylic acids is 1. The summed E-state index contributed by atoms with van der Waals surface area (Å²) in [7, 11) is 1.36. The predicted octanol–water partition coefficient (Wildman–Crippen LogP) is 2.59. The smallest absolute Gasteiger partial charge is 0.335 e. The van der Waals surface area contributed by atoms with Crippen LogP contribution in [0.4, 0.5) is 4.39 Å². The van der Waals surface area contributed by atoms with Gasteiger partial charge >= 0.3 is 5.97 Å². The molecule has 0 radical (unpaired) electrons. The van der Waals surface area contributed by atoms with E-state index in [1.54, 1.807) is 0 Å². The molecule has 92 valence electrons. The van der Waals surface area contributed by atoms with Crippen LogP contribution < -0.4 is 4.74 Å². The van der Waals surface area contributed by atoms with Crippen LogP contribution in [0.1, 0.15) is 10.4 Å². The molecule has 1 aromatic heterocycles. The molecule has 0 aliphatic heterocycles. The van der Waals surface area contributed by atoms with Gasteiger partial charge in [-0.3, -0.25) is 4.98 Å². The van der Waals surface area contributed by atoms with Gasteiger partial charge in [0.2, 0.25) is 0 Å². The van der Waals surface area contributed by atoms with Crippen molar-refractivity contribution >= 4 is 5.97 Å². The highest BCUT2D eigenvalue weighted by atomic mass is 19.1. The van der Waals surface area contributed by atoms with Gasteiger partial charge in [-0.2, -0.15) is 0 Å². The third kappa shape index (κ3) is 2.29. The number of aromatic nitrogens is 1. The highest BCUT2D eigenvalue weighted by Crippen LogP contribution is 2.25. The molecule has 2 aromatic rings. The Labute approximate surface area is 103 Å². The van der Waals surface area contributed by atoms with E-state index in [9.17, 15) is 9.18 Å². The maximum atomic E-state index is 13.3. The molecule has 0 bridgehead atoms. The first-order valence-electron chi connectivity index (χ1n) is 5.15. The number of pyridine rings is 1. The standard InChI is InChI=1S/C13H10FNO3/c1-18-12-7-8(2-3-10(12)14)11-6-9(13(16)17)4-5-15-11/h2-7H,1H3,(H,16,17). The number of benzene rings is 1. The second kappa shape index (κ2) is 4.83. The van der Waals surface area contributed by atoms with E-state index in [1.165, 1.54) is 43.6 Å². The van der Waals surface area contributed by atoms with E-state index in [1.807, 2.05) is 0 Å². The largest absolute Gasteiger partial charge is 0.494 e.